The minimum Gasteiger partial charge on any atom is -0.345 e. The molecule has 0 unspecified atom stereocenters. The molecule has 0 atom stereocenters. The van der Waals surface area contributed by atoms with Crippen LogP contribution in [0.15, 0.2) is 63.2 Å². The fraction of sp³-hybridized carbons (Fsp3) is 0.0667. The second-order valence-electron chi connectivity index (χ2n) is 4.65. The predicted octanol–water partition coefficient (Wildman–Crippen LogP) is 2.06. The van der Waals surface area contributed by atoms with E-state index in [4.69, 9.17) is 0 Å². The van der Waals surface area contributed by atoms with E-state index >= 15 is 0 Å². The Kier molecular flexibility index (Phi) is 3.10. The maximum Gasteiger partial charge on any atom is 0.211 e. The standard InChI is InChI=1S/C15H12N2O3S/c1-10-7-8-12-14(18)13(9-16-15(12)17-10)21(19,20)11-5-3-2-4-6-11/h2-9H,1H3,(H,16,17,18). The van der Waals surface area contributed by atoms with Crippen molar-refractivity contribution in [2.24, 2.45) is 0 Å². The van der Waals surface area contributed by atoms with Gasteiger partial charge in [0, 0.05) is 11.9 Å². The molecule has 0 spiro atoms. The lowest BCUT2D eigenvalue weighted by molar-refractivity contribution is 0.595. The molecule has 0 radical (unpaired) electrons. The van der Waals surface area contributed by atoms with Crippen LogP contribution in [0.3, 0.4) is 0 Å². The van der Waals surface area contributed by atoms with Crippen LogP contribution in [0.5, 0.6) is 0 Å². The number of pyridine rings is 2. The Morgan fingerprint density at radius 2 is 1.76 bits per heavy atom. The van der Waals surface area contributed by atoms with E-state index in [2.05, 4.69) is 9.97 Å². The fourth-order valence-corrected chi connectivity index (χ4v) is 3.45. The Balaban J connectivity index is 2.29. The minimum atomic E-state index is -3.84. The van der Waals surface area contributed by atoms with Gasteiger partial charge < -0.3 is 4.98 Å². The van der Waals surface area contributed by atoms with E-state index in [0.717, 1.165) is 5.69 Å². The van der Waals surface area contributed by atoms with Crippen LogP contribution in [0.25, 0.3) is 11.0 Å². The third-order valence-electron chi connectivity index (χ3n) is 3.19. The number of benzene rings is 1. The number of nitrogens with one attached hydrogen (secondary N) is 1. The van der Waals surface area contributed by atoms with Crippen molar-refractivity contribution >= 4 is 20.9 Å². The van der Waals surface area contributed by atoms with Crippen LogP contribution in [-0.4, -0.2) is 18.4 Å². The number of aromatic nitrogens is 2. The first-order chi connectivity index (χ1) is 10.00. The zero-order valence-electron chi connectivity index (χ0n) is 11.2. The number of aromatic amines is 1. The van der Waals surface area contributed by atoms with E-state index in [0.29, 0.717) is 5.65 Å². The van der Waals surface area contributed by atoms with Gasteiger partial charge in [-0.2, -0.15) is 0 Å². The van der Waals surface area contributed by atoms with Crippen molar-refractivity contribution in [1.82, 2.24) is 9.97 Å². The van der Waals surface area contributed by atoms with Crippen LogP contribution >= 0.6 is 0 Å². The topological polar surface area (TPSA) is 79.9 Å². The lowest BCUT2D eigenvalue weighted by atomic mass is 10.2. The molecule has 0 aliphatic rings. The van der Waals surface area contributed by atoms with E-state index in [9.17, 15) is 13.2 Å². The van der Waals surface area contributed by atoms with Crippen molar-refractivity contribution in [2.75, 3.05) is 0 Å². The van der Waals surface area contributed by atoms with Gasteiger partial charge in [-0.15, -0.1) is 0 Å². The van der Waals surface area contributed by atoms with Crippen molar-refractivity contribution in [3.8, 4) is 0 Å². The zero-order chi connectivity index (χ0) is 15.0. The largest absolute Gasteiger partial charge is 0.345 e. The molecule has 2 aromatic heterocycles. The maximum absolute atomic E-state index is 12.5. The summed E-state index contributed by atoms with van der Waals surface area (Å²) in [6, 6.07) is 11.1. The molecular formula is C15H12N2O3S. The Morgan fingerprint density at radius 3 is 2.48 bits per heavy atom. The average molecular weight is 300 g/mol. The van der Waals surface area contributed by atoms with Gasteiger partial charge in [-0.3, -0.25) is 4.79 Å². The normalized spacial score (nSPS) is 11.7. The monoisotopic (exact) mass is 300 g/mol. The molecule has 106 valence electrons. The molecule has 3 rings (SSSR count). The average Bonchev–Trinajstić information content (AvgIpc) is 2.48. The van der Waals surface area contributed by atoms with Gasteiger partial charge in [0.15, 0.2) is 0 Å². The third-order valence-corrected chi connectivity index (χ3v) is 4.96. The number of rotatable bonds is 2. The molecule has 3 aromatic rings. The van der Waals surface area contributed by atoms with Crippen molar-refractivity contribution in [2.45, 2.75) is 16.7 Å². The highest BCUT2D eigenvalue weighted by molar-refractivity contribution is 7.91. The number of hydrogen-bond donors (Lipinski definition) is 1. The Morgan fingerprint density at radius 1 is 1.05 bits per heavy atom. The van der Waals surface area contributed by atoms with Gasteiger partial charge in [0.05, 0.1) is 10.3 Å². The molecule has 2 heterocycles. The van der Waals surface area contributed by atoms with Crippen LogP contribution in [0.1, 0.15) is 5.69 Å². The lowest BCUT2D eigenvalue weighted by Gasteiger charge is -2.05. The summed E-state index contributed by atoms with van der Waals surface area (Å²) in [4.78, 5) is 19.2. The van der Waals surface area contributed by atoms with E-state index in [-0.39, 0.29) is 15.2 Å². The highest BCUT2D eigenvalue weighted by Crippen LogP contribution is 2.18. The predicted molar refractivity (Wildman–Crippen MR) is 79.0 cm³/mol. The van der Waals surface area contributed by atoms with Gasteiger partial charge in [-0.25, -0.2) is 13.4 Å². The summed E-state index contributed by atoms with van der Waals surface area (Å²) < 4.78 is 25.0. The molecule has 6 heteroatoms. The van der Waals surface area contributed by atoms with Gasteiger partial charge in [-0.1, -0.05) is 18.2 Å². The molecule has 0 amide bonds. The quantitative estimate of drug-likeness (QED) is 0.785. The van der Waals surface area contributed by atoms with Crippen molar-refractivity contribution < 1.29 is 8.42 Å². The van der Waals surface area contributed by atoms with Gasteiger partial charge in [0.2, 0.25) is 15.3 Å². The molecule has 5 nitrogen and oxygen atoms in total. The highest BCUT2D eigenvalue weighted by Gasteiger charge is 2.22. The molecule has 0 bridgehead atoms. The van der Waals surface area contributed by atoms with Crippen LogP contribution in [0.2, 0.25) is 0 Å². The summed E-state index contributed by atoms with van der Waals surface area (Å²) in [6.07, 6.45) is 1.21. The summed E-state index contributed by atoms with van der Waals surface area (Å²) >= 11 is 0. The van der Waals surface area contributed by atoms with Crippen molar-refractivity contribution in [1.29, 1.82) is 0 Å². The van der Waals surface area contributed by atoms with E-state index in [1.165, 1.54) is 18.3 Å². The first-order valence-electron chi connectivity index (χ1n) is 6.29. The minimum absolute atomic E-state index is 0.0925. The molecule has 0 aliphatic carbocycles. The number of fused-ring (bicyclic) bond motifs is 1. The van der Waals surface area contributed by atoms with Gasteiger partial charge in [0.1, 0.15) is 10.5 Å². The lowest BCUT2D eigenvalue weighted by Crippen LogP contribution is -2.16. The van der Waals surface area contributed by atoms with E-state index < -0.39 is 15.3 Å². The summed E-state index contributed by atoms with van der Waals surface area (Å²) in [5.74, 6) is 0. The first kappa shape index (κ1) is 13.5. The van der Waals surface area contributed by atoms with Crippen LogP contribution in [-0.2, 0) is 9.84 Å². The SMILES string of the molecule is Cc1ccc2c(=O)c(S(=O)(=O)c3ccccc3)c[nH]c2n1. The highest BCUT2D eigenvalue weighted by atomic mass is 32.2. The fourth-order valence-electron chi connectivity index (χ4n) is 2.11. The van der Waals surface area contributed by atoms with Crippen molar-refractivity contribution in [3.05, 3.63) is 64.6 Å². The summed E-state index contributed by atoms with van der Waals surface area (Å²) in [6.45, 7) is 1.80. The van der Waals surface area contributed by atoms with Gasteiger partial charge in [-0.05, 0) is 31.2 Å². The second kappa shape index (κ2) is 4.82. The first-order valence-corrected chi connectivity index (χ1v) is 7.77. The second-order valence-corrected chi connectivity index (χ2v) is 6.57. The Labute approximate surface area is 121 Å². The molecule has 1 N–H and O–H groups in total. The molecule has 1 aromatic carbocycles. The molecule has 0 saturated heterocycles. The molecule has 0 aliphatic heterocycles. The number of aryl methyl sites for hydroxylation is 1. The van der Waals surface area contributed by atoms with E-state index in [1.54, 1.807) is 37.3 Å². The molecule has 21 heavy (non-hydrogen) atoms. The number of sulfone groups is 1. The Hall–Kier alpha value is -2.47. The van der Waals surface area contributed by atoms with Crippen LogP contribution < -0.4 is 5.43 Å². The zero-order valence-corrected chi connectivity index (χ0v) is 12.0. The summed E-state index contributed by atoms with van der Waals surface area (Å²) in [7, 11) is -3.84. The van der Waals surface area contributed by atoms with Crippen LogP contribution in [0, 0.1) is 6.92 Å². The number of hydrogen-bond acceptors (Lipinski definition) is 4. The Bertz CT molecular complexity index is 977. The van der Waals surface area contributed by atoms with Crippen molar-refractivity contribution in [3.63, 3.8) is 0 Å². The molecular weight excluding hydrogens is 288 g/mol. The number of nitrogens with zero attached hydrogens (tertiary/aromatic N) is 1. The van der Waals surface area contributed by atoms with E-state index in [1.807, 2.05) is 0 Å². The summed E-state index contributed by atoms with van der Waals surface area (Å²) in [5.41, 5.74) is 0.587. The maximum atomic E-state index is 12.5. The third kappa shape index (κ3) is 2.23. The van der Waals surface area contributed by atoms with Crippen LogP contribution in [0.4, 0.5) is 0 Å². The number of H-pyrrole nitrogens is 1. The van der Waals surface area contributed by atoms with Gasteiger partial charge >= 0.3 is 0 Å². The molecule has 0 fully saturated rings. The van der Waals surface area contributed by atoms with Gasteiger partial charge in [0.25, 0.3) is 0 Å². The molecule has 0 saturated carbocycles. The smallest absolute Gasteiger partial charge is 0.211 e. The summed E-state index contributed by atoms with van der Waals surface area (Å²) in [5, 5.41) is 0.262.